The first-order valence-electron chi connectivity index (χ1n) is 3.25. The fourth-order valence-corrected chi connectivity index (χ4v) is 4.08. The first-order valence-corrected chi connectivity index (χ1v) is 5.06. The van der Waals surface area contributed by atoms with Crippen molar-refractivity contribution in [1.29, 1.82) is 0 Å². The summed E-state index contributed by atoms with van der Waals surface area (Å²) >= 11 is 4.02. The van der Waals surface area contributed by atoms with Crippen molar-refractivity contribution in [2.24, 2.45) is 0 Å². The van der Waals surface area contributed by atoms with Crippen molar-refractivity contribution < 1.29 is 0 Å². The third-order valence-electron chi connectivity index (χ3n) is 1.43. The lowest BCUT2D eigenvalue weighted by atomic mass is 10.1. The van der Waals surface area contributed by atoms with Crippen molar-refractivity contribution in [2.75, 3.05) is 5.75 Å². The van der Waals surface area contributed by atoms with Gasteiger partial charge in [0.1, 0.15) is 0 Å². The zero-order valence-corrected chi connectivity index (χ0v) is 7.86. The van der Waals surface area contributed by atoms with Crippen molar-refractivity contribution in [2.45, 2.75) is 31.9 Å². The summed E-state index contributed by atoms with van der Waals surface area (Å²) < 4.78 is 2.04. The highest BCUT2D eigenvalue weighted by molar-refractivity contribution is 8.21. The van der Waals surface area contributed by atoms with Crippen LogP contribution in [0.25, 0.3) is 0 Å². The predicted molar refractivity (Wildman–Crippen MR) is 47.7 cm³/mol. The van der Waals surface area contributed by atoms with E-state index in [0.717, 1.165) is 0 Å². The van der Waals surface area contributed by atoms with E-state index >= 15 is 0 Å². The van der Waals surface area contributed by atoms with E-state index in [1.54, 1.807) is 0 Å². The number of rotatable bonds is 0. The number of hydrogen-bond donors (Lipinski definition) is 0. The molecule has 53 valence electrons. The van der Waals surface area contributed by atoms with Gasteiger partial charge in [0.2, 0.25) is 0 Å². The van der Waals surface area contributed by atoms with Crippen LogP contribution in [0.4, 0.5) is 0 Å². The smallest absolute Gasteiger partial charge is 0.0822 e. The highest BCUT2D eigenvalue weighted by Crippen LogP contribution is 2.47. The first kappa shape index (κ1) is 7.80. The summed E-state index contributed by atoms with van der Waals surface area (Å²) in [5, 5.41) is 0. The summed E-state index contributed by atoms with van der Waals surface area (Å²) in [4.78, 5) is 0. The molecule has 0 atom stereocenters. The van der Waals surface area contributed by atoms with E-state index in [1.807, 2.05) is 23.5 Å². The Morgan fingerprint density at radius 3 is 2.44 bits per heavy atom. The van der Waals surface area contributed by atoms with Crippen LogP contribution in [0, 0.1) is 4.58 Å². The molecule has 0 aromatic rings. The fraction of sp³-hybridized carbons (Fsp3) is 0.857. The second-order valence-electron chi connectivity index (χ2n) is 2.95. The van der Waals surface area contributed by atoms with Gasteiger partial charge in [-0.3, -0.25) is 0 Å². The van der Waals surface area contributed by atoms with Gasteiger partial charge in [-0.05, 0) is 19.1 Å². The van der Waals surface area contributed by atoms with Gasteiger partial charge in [0.25, 0.3) is 0 Å². The molecule has 0 saturated carbocycles. The maximum absolute atomic E-state index is 2.32. The molecule has 2 heteroatoms. The Labute approximate surface area is 66.2 Å². The maximum Gasteiger partial charge on any atom is 0.0822 e. The number of hydrogen-bond acceptors (Lipinski definition) is 2. The molecule has 1 aliphatic heterocycles. The van der Waals surface area contributed by atoms with E-state index in [2.05, 4.69) is 20.8 Å². The van der Waals surface area contributed by atoms with E-state index in [4.69, 9.17) is 0 Å². The second-order valence-corrected chi connectivity index (χ2v) is 6.44. The molecule has 0 unspecified atom stereocenters. The summed E-state index contributed by atoms with van der Waals surface area (Å²) in [6.07, 6.45) is 1.35. The standard InChI is InChI=1S/C7H13S2/c1-6-8-5-4-7(2,3)9-6/h4-5H2,1-3H3. The Morgan fingerprint density at radius 1 is 1.44 bits per heavy atom. The molecule has 0 nitrogen and oxygen atoms in total. The van der Waals surface area contributed by atoms with Crippen molar-refractivity contribution in [3.8, 4) is 0 Å². The average molecular weight is 161 g/mol. The topological polar surface area (TPSA) is 0 Å². The van der Waals surface area contributed by atoms with Crippen LogP contribution in [0.5, 0.6) is 0 Å². The normalized spacial score (nSPS) is 28.3. The molecule has 1 saturated heterocycles. The zero-order valence-electron chi connectivity index (χ0n) is 6.23. The highest BCUT2D eigenvalue weighted by atomic mass is 32.2. The van der Waals surface area contributed by atoms with Gasteiger partial charge in [-0.2, -0.15) is 0 Å². The minimum Gasteiger partial charge on any atom is -0.142 e. The molecule has 0 aromatic heterocycles. The van der Waals surface area contributed by atoms with E-state index in [0.29, 0.717) is 4.75 Å². The number of thioether (sulfide) groups is 2. The fourth-order valence-electron chi connectivity index (χ4n) is 0.910. The van der Waals surface area contributed by atoms with Gasteiger partial charge in [0.05, 0.1) is 4.58 Å². The third kappa shape index (κ3) is 2.42. The molecular formula is C7H13S2. The highest BCUT2D eigenvalue weighted by Gasteiger charge is 2.26. The van der Waals surface area contributed by atoms with Gasteiger partial charge < -0.3 is 0 Å². The molecule has 0 aromatic carbocycles. The van der Waals surface area contributed by atoms with Crippen LogP contribution in [0.2, 0.25) is 0 Å². The van der Waals surface area contributed by atoms with Crippen molar-refractivity contribution in [3.63, 3.8) is 0 Å². The van der Waals surface area contributed by atoms with Crippen LogP contribution in [-0.4, -0.2) is 10.5 Å². The quantitative estimate of drug-likeness (QED) is 0.535. The Bertz CT molecular complexity index is 99.1. The zero-order chi connectivity index (χ0) is 6.91. The van der Waals surface area contributed by atoms with Crippen LogP contribution in [0.1, 0.15) is 27.2 Å². The van der Waals surface area contributed by atoms with Crippen LogP contribution in [0.3, 0.4) is 0 Å². The minimum absolute atomic E-state index is 0.509. The van der Waals surface area contributed by atoms with Gasteiger partial charge in [-0.25, -0.2) is 0 Å². The Hall–Kier alpha value is 0.700. The van der Waals surface area contributed by atoms with Crippen molar-refractivity contribution in [1.82, 2.24) is 0 Å². The summed E-state index contributed by atoms with van der Waals surface area (Å²) in [5.74, 6) is 1.31. The molecule has 1 rings (SSSR count). The summed E-state index contributed by atoms with van der Waals surface area (Å²) in [7, 11) is 0. The van der Waals surface area contributed by atoms with Gasteiger partial charge in [0, 0.05) is 4.75 Å². The summed E-state index contributed by atoms with van der Waals surface area (Å²) in [6.45, 7) is 6.86. The second kappa shape index (κ2) is 2.75. The lowest BCUT2D eigenvalue weighted by Gasteiger charge is -2.31. The molecular weight excluding hydrogens is 148 g/mol. The van der Waals surface area contributed by atoms with Crippen LogP contribution < -0.4 is 0 Å². The van der Waals surface area contributed by atoms with Crippen LogP contribution in [-0.2, 0) is 0 Å². The largest absolute Gasteiger partial charge is 0.142 e. The molecule has 1 fully saturated rings. The predicted octanol–water partition coefficient (Wildman–Crippen LogP) is 3.14. The molecule has 0 bridgehead atoms. The molecule has 0 aliphatic carbocycles. The molecule has 1 radical (unpaired) electrons. The van der Waals surface area contributed by atoms with Gasteiger partial charge in [-0.15, -0.1) is 23.5 Å². The maximum atomic E-state index is 2.32. The molecule has 1 aliphatic rings. The van der Waals surface area contributed by atoms with Crippen molar-refractivity contribution >= 4 is 23.5 Å². The molecule has 0 spiro atoms. The van der Waals surface area contributed by atoms with E-state index in [1.165, 1.54) is 16.8 Å². The Kier molecular flexibility index (Phi) is 2.38. The Morgan fingerprint density at radius 2 is 2.11 bits per heavy atom. The average Bonchev–Trinajstić information content (AvgIpc) is 1.60. The van der Waals surface area contributed by atoms with E-state index in [-0.39, 0.29) is 0 Å². The van der Waals surface area contributed by atoms with Gasteiger partial charge in [-0.1, -0.05) is 13.8 Å². The van der Waals surface area contributed by atoms with Crippen LogP contribution in [0.15, 0.2) is 0 Å². The lowest BCUT2D eigenvalue weighted by molar-refractivity contribution is 0.689. The molecule has 1 heterocycles. The first-order chi connectivity index (χ1) is 4.10. The van der Waals surface area contributed by atoms with Gasteiger partial charge >= 0.3 is 0 Å². The molecule has 9 heavy (non-hydrogen) atoms. The van der Waals surface area contributed by atoms with E-state index < -0.39 is 0 Å². The summed E-state index contributed by atoms with van der Waals surface area (Å²) in [5.41, 5.74) is 0. The SMILES string of the molecule is C[C]1SCCC(C)(C)S1. The molecule has 0 amide bonds. The van der Waals surface area contributed by atoms with Gasteiger partial charge in [0.15, 0.2) is 0 Å². The Balaban J connectivity index is 2.41. The minimum atomic E-state index is 0.509. The summed E-state index contributed by atoms with van der Waals surface area (Å²) in [6, 6.07) is 0. The monoisotopic (exact) mass is 161 g/mol. The van der Waals surface area contributed by atoms with Crippen molar-refractivity contribution in [3.05, 3.63) is 4.58 Å². The van der Waals surface area contributed by atoms with Crippen LogP contribution >= 0.6 is 23.5 Å². The molecule has 0 N–H and O–H groups in total. The van der Waals surface area contributed by atoms with E-state index in [9.17, 15) is 0 Å². The third-order valence-corrected chi connectivity index (χ3v) is 3.89. The lowest BCUT2D eigenvalue weighted by Crippen LogP contribution is -2.20.